The maximum atomic E-state index is 12.4. The Balaban J connectivity index is 1.67. The van der Waals surface area contributed by atoms with E-state index in [0.29, 0.717) is 4.88 Å². The number of amides is 1. The molecule has 3 heterocycles. The van der Waals surface area contributed by atoms with Gasteiger partial charge in [0.25, 0.3) is 5.91 Å². The van der Waals surface area contributed by atoms with Crippen LogP contribution < -0.4 is 5.32 Å². The van der Waals surface area contributed by atoms with E-state index in [2.05, 4.69) is 45.8 Å². The third kappa shape index (κ3) is 3.60. The quantitative estimate of drug-likeness (QED) is 0.934. The summed E-state index contributed by atoms with van der Waals surface area (Å²) in [7, 11) is 0. The Hall–Kier alpha value is -1.76. The zero-order valence-corrected chi connectivity index (χ0v) is 14.9. The van der Waals surface area contributed by atoms with Crippen LogP contribution in [-0.4, -0.2) is 25.7 Å². The number of carbonyl (C=O) groups is 1. The number of aryl methyl sites for hydroxylation is 1. The Labute approximate surface area is 140 Å². The van der Waals surface area contributed by atoms with Crippen LogP contribution in [0.5, 0.6) is 0 Å². The standard InChI is InChI=1S/C16H23N5OS/c1-10(14-20-19-12-6-5-7-21(12)14)18-15(22)11-9-17-13(23-11)8-16(2,3)4/h9-10H,5-8H2,1-4H3,(H,18,22). The molecule has 0 fully saturated rings. The number of nitrogens with zero attached hydrogens (tertiary/aromatic N) is 4. The van der Waals surface area contributed by atoms with E-state index in [9.17, 15) is 4.79 Å². The molecule has 0 aliphatic carbocycles. The molecular formula is C16H23N5OS. The summed E-state index contributed by atoms with van der Waals surface area (Å²) in [6, 6.07) is -0.157. The van der Waals surface area contributed by atoms with Gasteiger partial charge in [0.1, 0.15) is 10.7 Å². The van der Waals surface area contributed by atoms with Crippen molar-refractivity contribution in [3.05, 3.63) is 27.7 Å². The van der Waals surface area contributed by atoms with Gasteiger partial charge in [-0.1, -0.05) is 20.8 Å². The number of thiazole rings is 1. The summed E-state index contributed by atoms with van der Waals surface area (Å²) in [5, 5.41) is 12.4. The van der Waals surface area contributed by atoms with Gasteiger partial charge in [0.2, 0.25) is 0 Å². The van der Waals surface area contributed by atoms with Gasteiger partial charge in [-0.2, -0.15) is 0 Å². The van der Waals surface area contributed by atoms with Crippen molar-refractivity contribution in [1.82, 2.24) is 25.1 Å². The van der Waals surface area contributed by atoms with Crippen LogP contribution in [0.2, 0.25) is 0 Å². The second kappa shape index (κ2) is 6.03. The molecule has 1 aliphatic rings. The lowest BCUT2D eigenvalue weighted by Crippen LogP contribution is -2.28. The van der Waals surface area contributed by atoms with Crippen LogP contribution in [0.3, 0.4) is 0 Å². The highest BCUT2D eigenvalue weighted by Crippen LogP contribution is 2.24. The average molecular weight is 333 g/mol. The third-order valence-electron chi connectivity index (χ3n) is 3.83. The van der Waals surface area contributed by atoms with Crippen molar-refractivity contribution in [2.75, 3.05) is 0 Å². The normalized spacial score (nSPS) is 15.5. The minimum absolute atomic E-state index is 0.0921. The Morgan fingerprint density at radius 1 is 1.43 bits per heavy atom. The van der Waals surface area contributed by atoms with Crippen LogP contribution in [0.4, 0.5) is 0 Å². The van der Waals surface area contributed by atoms with Crippen LogP contribution in [0, 0.1) is 5.41 Å². The number of carbonyl (C=O) groups excluding carboxylic acids is 1. The topological polar surface area (TPSA) is 72.7 Å². The van der Waals surface area contributed by atoms with Gasteiger partial charge < -0.3 is 9.88 Å². The molecule has 0 saturated carbocycles. The predicted molar refractivity (Wildman–Crippen MR) is 89.5 cm³/mol. The molecule has 0 spiro atoms. The highest BCUT2D eigenvalue weighted by Gasteiger charge is 2.23. The number of nitrogens with one attached hydrogen (secondary N) is 1. The fraction of sp³-hybridized carbons (Fsp3) is 0.625. The zero-order chi connectivity index (χ0) is 16.6. The molecule has 0 radical (unpaired) electrons. The summed E-state index contributed by atoms with van der Waals surface area (Å²) in [5.74, 6) is 1.77. The third-order valence-corrected chi connectivity index (χ3v) is 4.83. The van der Waals surface area contributed by atoms with Crippen molar-refractivity contribution in [1.29, 1.82) is 0 Å². The molecule has 2 aromatic rings. The minimum atomic E-state index is -0.157. The summed E-state index contributed by atoms with van der Waals surface area (Å²) in [5.41, 5.74) is 0.168. The fourth-order valence-electron chi connectivity index (χ4n) is 2.78. The average Bonchev–Trinajstić information content (AvgIpc) is 3.10. The van der Waals surface area contributed by atoms with E-state index in [0.717, 1.165) is 42.5 Å². The largest absolute Gasteiger partial charge is 0.342 e. The molecule has 6 nitrogen and oxygen atoms in total. The van der Waals surface area contributed by atoms with Gasteiger partial charge >= 0.3 is 0 Å². The molecule has 1 amide bonds. The fourth-order valence-corrected chi connectivity index (χ4v) is 3.90. The van der Waals surface area contributed by atoms with Crippen LogP contribution in [0.25, 0.3) is 0 Å². The molecule has 0 saturated heterocycles. The predicted octanol–water partition coefficient (Wildman–Crippen LogP) is 2.76. The first kappa shape index (κ1) is 16.1. The second-order valence-corrected chi connectivity index (χ2v) is 8.40. The number of fused-ring (bicyclic) bond motifs is 1. The van der Waals surface area contributed by atoms with Gasteiger partial charge in [0, 0.05) is 19.4 Å². The maximum absolute atomic E-state index is 12.4. The molecule has 2 aromatic heterocycles. The summed E-state index contributed by atoms with van der Waals surface area (Å²) < 4.78 is 2.11. The van der Waals surface area contributed by atoms with Crippen molar-refractivity contribution in [3.8, 4) is 0 Å². The molecule has 1 N–H and O–H groups in total. The van der Waals surface area contributed by atoms with E-state index in [1.807, 2.05) is 6.92 Å². The lowest BCUT2D eigenvalue weighted by Gasteiger charge is -2.15. The Morgan fingerprint density at radius 3 is 2.96 bits per heavy atom. The van der Waals surface area contributed by atoms with Crippen LogP contribution >= 0.6 is 11.3 Å². The van der Waals surface area contributed by atoms with Crippen molar-refractivity contribution >= 4 is 17.2 Å². The highest BCUT2D eigenvalue weighted by atomic mass is 32.1. The number of hydrogen-bond acceptors (Lipinski definition) is 5. The first-order chi connectivity index (χ1) is 10.8. The summed E-state index contributed by atoms with van der Waals surface area (Å²) in [6.07, 6.45) is 4.61. The van der Waals surface area contributed by atoms with E-state index in [-0.39, 0.29) is 17.4 Å². The van der Waals surface area contributed by atoms with Gasteiger partial charge in [-0.25, -0.2) is 4.98 Å². The molecule has 124 valence electrons. The van der Waals surface area contributed by atoms with Crippen molar-refractivity contribution in [2.24, 2.45) is 5.41 Å². The lowest BCUT2D eigenvalue weighted by molar-refractivity contribution is 0.0941. The number of rotatable bonds is 4. The lowest BCUT2D eigenvalue weighted by atomic mass is 9.93. The molecule has 1 aliphatic heterocycles. The molecule has 23 heavy (non-hydrogen) atoms. The van der Waals surface area contributed by atoms with Crippen LogP contribution in [0.15, 0.2) is 6.20 Å². The van der Waals surface area contributed by atoms with Crippen LogP contribution in [-0.2, 0) is 19.4 Å². The molecule has 7 heteroatoms. The Kier molecular flexibility index (Phi) is 4.23. The van der Waals surface area contributed by atoms with Gasteiger partial charge in [-0.05, 0) is 18.8 Å². The molecular weight excluding hydrogens is 310 g/mol. The monoisotopic (exact) mass is 333 g/mol. The second-order valence-electron chi connectivity index (χ2n) is 7.28. The van der Waals surface area contributed by atoms with E-state index >= 15 is 0 Å². The first-order valence-corrected chi connectivity index (χ1v) is 8.83. The first-order valence-electron chi connectivity index (χ1n) is 8.01. The van der Waals surface area contributed by atoms with Crippen molar-refractivity contribution < 1.29 is 4.79 Å². The van der Waals surface area contributed by atoms with Crippen molar-refractivity contribution in [3.63, 3.8) is 0 Å². The summed E-state index contributed by atoms with van der Waals surface area (Å²) >= 11 is 1.47. The molecule has 3 rings (SSSR count). The SMILES string of the molecule is CC(NC(=O)c1cnc(CC(C)(C)C)s1)c1nnc2n1CCC2. The van der Waals surface area contributed by atoms with Gasteiger partial charge in [-0.15, -0.1) is 21.5 Å². The van der Waals surface area contributed by atoms with Crippen molar-refractivity contribution in [2.45, 2.75) is 59.5 Å². The number of hydrogen-bond donors (Lipinski definition) is 1. The molecule has 1 unspecified atom stereocenters. The van der Waals surface area contributed by atoms with Gasteiger partial charge in [0.15, 0.2) is 5.82 Å². The Bertz CT molecular complexity index is 712. The zero-order valence-electron chi connectivity index (χ0n) is 14.1. The summed E-state index contributed by atoms with van der Waals surface area (Å²) in [6.45, 7) is 9.39. The highest BCUT2D eigenvalue weighted by molar-refractivity contribution is 7.13. The summed E-state index contributed by atoms with van der Waals surface area (Å²) in [4.78, 5) is 17.5. The maximum Gasteiger partial charge on any atom is 0.263 e. The Morgan fingerprint density at radius 2 is 2.22 bits per heavy atom. The molecule has 0 bridgehead atoms. The number of aromatic nitrogens is 4. The van der Waals surface area contributed by atoms with Gasteiger partial charge in [-0.3, -0.25) is 4.79 Å². The van der Waals surface area contributed by atoms with E-state index in [1.165, 1.54) is 11.3 Å². The molecule has 1 atom stereocenters. The van der Waals surface area contributed by atoms with E-state index in [1.54, 1.807) is 6.20 Å². The minimum Gasteiger partial charge on any atom is -0.342 e. The van der Waals surface area contributed by atoms with E-state index in [4.69, 9.17) is 0 Å². The smallest absolute Gasteiger partial charge is 0.263 e. The molecule has 0 aromatic carbocycles. The van der Waals surface area contributed by atoms with E-state index < -0.39 is 0 Å². The van der Waals surface area contributed by atoms with Gasteiger partial charge in [0.05, 0.1) is 17.2 Å². The van der Waals surface area contributed by atoms with Crippen LogP contribution in [0.1, 0.15) is 66.5 Å².